The normalized spacial score (nSPS) is 23.7. The van der Waals surface area contributed by atoms with Crippen LogP contribution in [0.1, 0.15) is 27.9 Å². The van der Waals surface area contributed by atoms with E-state index >= 15 is 0 Å². The van der Waals surface area contributed by atoms with Gasteiger partial charge in [0.05, 0.1) is 17.0 Å². The van der Waals surface area contributed by atoms with Crippen molar-refractivity contribution in [2.75, 3.05) is 18.1 Å². The molecule has 0 saturated carbocycles. The Bertz CT molecular complexity index is 664. The lowest BCUT2D eigenvalue weighted by Gasteiger charge is -2.23. The summed E-state index contributed by atoms with van der Waals surface area (Å²) in [4.78, 5) is 24.9. The van der Waals surface area contributed by atoms with Crippen LogP contribution in [0.25, 0.3) is 0 Å². The van der Waals surface area contributed by atoms with Gasteiger partial charge in [-0.1, -0.05) is 0 Å². The Labute approximate surface area is 127 Å². The number of sulfone groups is 1. The highest BCUT2D eigenvalue weighted by Gasteiger charge is 2.39. The minimum Gasteiger partial charge on any atom is -0.451 e. The lowest BCUT2D eigenvalue weighted by Crippen LogP contribution is -2.48. The maximum absolute atomic E-state index is 11.8. The Balaban J connectivity index is 1.84. The van der Waals surface area contributed by atoms with Crippen LogP contribution in [0.15, 0.2) is 12.1 Å². The molecule has 1 aromatic heterocycles. The molecular formula is C13H17NO5S2. The molecule has 1 saturated heterocycles. The zero-order valence-corrected chi connectivity index (χ0v) is 13.5. The highest BCUT2D eigenvalue weighted by Crippen LogP contribution is 2.22. The number of hydrogen-bond donors (Lipinski definition) is 1. The molecule has 8 heteroatoms. The van der Waals surface area contributed by atoms with E-state index in [1.807, 2.05) is 6.92 Å². The van der Waals surface area contributed by atoms with E-state index in [-0.39, 0.29) is 11.5 Å². The van der Waals surface area contributed by atoms with Crippen molar-refractivity contribution < 1.29 is 22.7 Å². The summed E-state index contributed by atoms with van der Waals surface area (Å²) in [6.07, 6.45) is 0.374. The van der Waals surface area contributed by atoms with Crippen LogP contribution in [0.4, 0.5) is 0 Å². The minimum atomic E-state index is -3.09. The lowest BCUT2D eigenvalue weighted by molar-refractivity contribution is -0.125. The fraction of sp³-hybridized carbons (Fsp3) is 0.538. The number of hydrogen-bond acceptors (Lipinski definition) is 6. The number of ether oxygens (including phenoxy) is 1. The van der Waals surface area contributed by atoms with E-state index in [1.54, 1.807) is 19.1 Å². The molecule has 0 aliphatic carbocycles. The highest BCUT2D eigenvalue weighted by molar-refractivity contribution is 7.91. The standard InChI is InChI=1S/C13H17NO5S2/c1-9-3-4-10(20-9)12(16)19-7-11(15)14-13(2)5-6-21(17,18)8-13/h3-4H,5-8H2,1-2H3,(H,14,15)/t13-/m0/s1. The zero-order valence-electron chi connectivity index (χ0n) is 11.8. The van der Waals surface area contributed by atoms with Gasteiger partial charge >= 0.3 is 5.97 Å². The van der Waals surface area contributed by atoms with Gasteiger partial charge in [-0.15, -0.1) is 11.3 Å². The van der Waals surface area contributed by atoms with Crippen LogP contribution in [-0.4, -0.2) is 43.9 Å². The fourth-order valence-electron chi connectivity index (χ4n) is 2.23. The van der Waals surface area contributed by atoms with Gasteiger partial charge in [-0.05, 0) is 32.4 Å². The van der Waals surface area contributed by atoms with E-state index in [4.69, 9.17) is 4.74 Å². The molecule has 0 unspecified atom stereocenters. The molecule has 1 aromatic rings. The Kier molecular flexibility index (Phi) is 4.38. The van der Waals surface area contributed by atoms with E-state index in [1.165, 1.54) is 11.3 Å². The molecule has 116 valence electrons. The van der Waals surface area contributed by atoms with Gasteiger partial charge < -0.3 is 10.1 Å². The van der Waals surface area contributed by atoms with Crippen LogP contribution in [0.5, 0.6) is 0 Å². The molecule has 2 heterocycles. The average Bonchev–Trinajstić information content (AvgIpc) is 2.90. The van der Waals surface area contributed by atoms with Crippen molar-refractivity contribution in [2.24, 2.45) is 0 Å². The first kappa shape index (κ1) is 16.0. The predicted octanol–water partition coefficient (Wildman–Crippen LogP) is 0.907. The highest BCUT2D eigenvalue weighted by atomic mass is 32.2. The quantitative estimate of drug-likeness (QED) is 0.828. The van der Waals surface area contributed by atoms with E-state index < -0.39 is 33.9 Å². The SMILES string of the molecule is Cc1ccc(C(=O)OCC(=O)N[C@@]2(C)CCS(=O)(=O)C2)s1. The van der Waals surface area contributed by atoms with Crippen LogP contribution in [0, 0.1) is 6.92 Å². The summed E-state index contributed by atoms with van der Waals surface area (Å²) < 4.78 is 27.8. The fourth-order valence-corrected chi connectivity index (χ4v) is 5.08. The van der Waals surface area contributed by atoms with Crippen LogP contribution in [-0.2, 0) is 19.4 Å². The monoisotopic (exact) mass is 331 g/mol. The molecule has 1 aliphatic heterocycles. The molecule has 1 aliphatic rings. The third kappa shape index (κ3) is 4.28. The number of carbonyl (C=O) groups is 2. The van der Waals surface area contributed by atoms with E-state index in [0.717, 1.165) is 4.88 Å². The van der Waals surface area contributed by atoms with Gasteiger partial charge in [-0.2, -0.15) is 0 Å². The maximum Gasteiger partial charge on any atom is 0.348 e. The molecule has 1 N–H and O–H groups in total. The van der Waals surface area contributed by atoms with Gasteiger partial charge in [0.25, 0.3) is 5.91 Å². The number of rotatable bonds is 4. The van der Waals surface area contributed by atoms with E-state index in [0.29, 0.717) is 11.3 Å². The molecule has 2 rings (SSSR count). The summed E-state index contributed by atoms with van der Waals surface area (Å²) in [5.41, 5.74) is -0.776. The molecule has 1 amide bonds. The van der Waals surface area contributed by atoms with Gasteiger partial charge in [0.1, 0.15) is 4.88 Å². The maximum atomic E-state index is 11.8. The summed E-state index contributed by atoms with van der Waals surface area (Å²) in [5.74, 6) is -1.05. The third-order valence-electron chi connectivity index (χ3n) is 3.22. The minimum absolute atomic E-state index is 0.0675. The first-order valence-electron chi connectivity index (χ1n) is 6.44. The molecule has 1 atom stereocenters. The van der Waals surface area contributed by atoms with Crippen molar-refractivity contribution in [2.45, 2.75) is 25.8 Å². The molecule has 1 fully saturated rings. The molecule has 21 heavy (non-hydrogen) atoms. The number of nitrogens with one attached hydrogen (secondary N) is 1. The van der Waals surface area contributed by atoms with Crippen molar-refractivity contribution in [1.29, 1.82) is 0 Å². The molecule has 0 bridgehead atoms. The summed E-state index contributed by atoms with van der Waals surface area (Å²) >= 11 is 1.29. The molecule has 0 spiro atoms. The topological polar surface area (TPSA) is 89.5 Å². The number of amides is 1. The number of aryl methyl sites for hydroxylation is 1. The lowest BCUT2D eigenvalue weighted by atomic mass is 10.0. The van der Waals surface area contributed by atoms with Gasteiger partial charge in [0.2, 0.25) is 0 Å². The van der Waals surface area contributed by atoms with Crippen molar-refractivity contribution in [3.63, 3.8) is 0 Å². The van der Waals surface area contributed by atoms with Gasteiger partial charge in [-0.3, -0.25) is 4.79 Å². The third-order valence-corrected chi connectivity index (χ3v) is 6.10. The van der Waals surface area contributed by atoms with Crippen LogP contribution >= 0.6 is 11.3 Å². The van der Waals surface area contributed by atoms with Gasteiger partial charge in [0.15, 0.2) is 16.4 Å². The van der Waals surface area contributed by atoms with Crippen LogP contribution < -0.4 is 5.32 Å². The second kappa shape index (κ2) is 5.76. The molecule has 6 nitrogen and oxygen atoms in total. The second-order valence-corrected chi connectivity index (χ2v) is 8.91. The molecule has 0 radical (unpaired) electrons. The van der Waals surface area contributed by atoms with E-state index in [2.05, 4.69) is 5.32 Å². The van der Waals surface area contributed by atoms with Crippen molar-refractivity contribution in [1.82, 2.24) is 5.32 Å². The first-order valence-corrected chi connectivity index (χ1v) is 9.08. The van der Waals surface area contributed by atoms with Crippen molar-refractivity contribution in [3.8, 4) is 0 Å². The average molecular weight is 331 g/mol. The summed E-state index contributed by atoms with van der Waals surface area (Å²) in [6, 6.07) is 3.44. The summed E-state index contributed by atoms with van der Waals surface area (Å²) in [6.45, 7) is 3.14. The summed E-state index contributed by atoms with van der Waals surface area (Å²) in [7, 11) is -3.09. The van der Waals surface area contributed by atoms with Crippen molar-refractivity contribution >= 4 is 33.1 Å². The largest absolute Gasteiger partial charge is 0.451 e. The van der Waals surface area contributed by atoms with Gasteiger partial charge in [0, 0.05) is 4.88 Å². The van der Waals surface area contributed by atoms with Crippen LogP contribution in [0.2, 0.25) is 0 Å². The Morgan fingerprint density at radius 1 is 1.43 bits per heavy atom. The predicted molar refractivity (Wildman–Crippen MR) is 79.2 cm³/mol. The zero-order chi connectivity index (χ0) is 15.7. The Morgan fingerprint density at radius 2 is 2.14 bits per heavy atom. The smallest absolute Gasteiger partial charge is 0.348 e. The Morgan fingerprint density at radius 3 is 2.67 bits per heavy atom. The second-order valence-electron chi connectivity index (χ2n) is 5.44. The van der Waals surface area contributed by atoms with Crippen LogP contribution in [0.3, 0.4) is 0 Å². The number of carbonyl (C=O) groups excluding carboxylic acids is 2. The number of thiophene rings is 1. The van der Waals surface area contributed by atoms with Gasteiger partial charge in [-0.25, -0.2) is 13.2 Å². The van der Waals surface area contributed by atoms with E-state index in [9.17, 15) is 18.0 Å². The molecular weight excluding hydrogens is 314 g/mol. The summed E-state index contributed by atoms with van der Waals surface area (Å²) in [5, 5.41) is 2.63. The van der Waals surface area contributed by atoms with Crippen molar-refractivity contribution in [3.05, 3.63) is 21.9 Å². The Hall–Kier alpha value is -1.41. The number of esters is 1. The first-order chi connectivity index (χ1) is 9.69. The molecule has 0 aromatic carbocycles.